The van der Waals surface area contributed by atoms with Gasteiger partial charge < -0.3 is 19.6 Å². The van der Waals surface area contributed by atoms with Gasteiger partial charge in [-0.05, 0) is 36.8 Å². The number of thiocarbonyl (C=S) groups is 1. The van der Waals surface area contributed by atoms with Crippen molar-refractivity contribution in [2.75, 3.05) is 6.79 Å². The standard InChI is InChI=1S/C18H17N3O2S/c1-10-3-6-15-20-16(17(21(15)8-10)11(2)18(19)24)12-4-5-13-14(7-12)23-9-22-13/h3-8,11H,9H2,1-2H3,(H2,19,24). The molecule has 2 aromatic heterocycles. The monoisotopic (exact) mass is 339 g/mol. The molecule has 1 unspecified atom stereocenters. The average Bonchev–Trinajstić information content (AvgIpc) is 3.16. The number of benzene rings is 1. The Morgan fingerprint density at radius 2 is 2.04 bits per heavy atom. The van der Waals surface area contributed by atoms with Gasteiger partial charge >= 0.3 is 0 Å². The zero-order valence-electron chi connectivity index (χ0n) is 13.4. The number of hydrogen-bond donors (Lipinski definition) is 1. The van der Waals surface area contributed by atoms with Crippen LogP contribution in [0.5, 0.6) is 11.5 Å². The van der Waals surface area contributed by atoms with Gasteiger partial charge in [0.2, 0.25) is 6.79 Å². The first-order valence-corrected chi connectivity index (χ1v) is 8.13. The first-order chi connectivity index (χ1) is 11.5. The van der Waals surface area contributed by atoms with Crippen LogP contribution in [-0.2, 0) is 0 Å². The van der Waals surface area contributed by atoms with Crippen LogP contribution < -0.4 is 15.2 Å². The Morgan fingerprint density at radius 1 is 1.25 bits per heavy atom. The molecule has 5 nitrogen and oxygen atoms in total. The van der Waals surface area contributed by atoms with E-state index >= 15 is 0 Å². The van der Waals surface area contributed by atoms with Gasteiger partial charge in [-0.15, -0.1) is 0 Å². The van der Waals surface area contributed by atoms with Gasteiger partial charge in [-0.2, -0.15) is 0 Å². The molecular formula is C18H17N3O2S. The van der Waals surface area contributed by atoms with Crippen molar-refractivity contribution in [3.8, 4) is 22.8 Å². The molecule has 0 saturated carbocycles. The number of pyridine rings is 1. The molecule has 24 heavy (non-hydrogen) atoms. The van der Waals surface area contributed by atoms with Crippen LogP contribution in [0, 0.1) is 6.92 Å². The zero-order valence-corrected chi connectivity index (χ0v) is 14.3. The average molecular weight is 339 g/mol. The van der Waals surface area contributed by atoms with E-state index in [1.165, 1.54) is 0 Å². The first-order valence-electron chi connectivity index (χ1n) is 7.72. The van der Waals surface area contributed by atoms with Crippen LogP contribution in [-0.4, -0.2) is 21.2 Å². The lowest BCUT2D eigenvalue weighted by Crippen LogP contribution is -2.18. The van der Waals surface area contributed by atoms with Crippen LogP contribution in [0.1, 0.15) is 24.1 Å². The largest absolute Gasteiger partial charge is 0.454 e. The molecular weight excluding hydrogens is 322 g/mol. The van der Waals surface area contributed by atoms with E-state index in [0.717, 1.165) is 39.7 Å². The Morgan fingerprint density at radius 3 is 2.83 bits per heavy atom. The number of rotatable bonds is 3. The summed E-state index contributed by atoms with van der Waals surface area (Å²) >= 11 is 5.24. The van der Waals surface area contributed by atoms with Crippen LogP contribution in [0.25, 0.3) is 16.9 Å². The second kappa shape index (κ2) is 5.49. The maximum Gasteiger partial charge on any atom is 0.231 e. The summed E-state index contributed by atoms with van der Waals surface area (Å²) in [4.78, 5) is 5.25. The van der Waals surface area contributed by atoms with Crippen LogP contribution in [0.15, 0.2) is 36.5 Å². The highest BCUT2D eigenvalue weighted by Crippen LogP contribution is 2.38. The van der Waals surface area contributed by atoms with E-state index in [9.17, 15) is 0 Å². The highest BCUT2D eigenvalue weighted by molar-refractivity contribution is 7.80. The number of hydrogen-bond acceptors (Lipinski definition) is 4. The lowest BCUT2D eigenvalue weighted by molar-refractivity contribution is 0.174. The lowest BCUT2D eigenvalue weighted by Gasteiger charge is -2.13. The van der Waals surface area contributed by atoms with Crippen LogP contribution in [0.3, 0.4) is 0 Å². The number of aryl methyl sites for hydroxylation is 1. The molecule has 0 spiro atoms. The molecule has 4 rings (SSSR count). The van der Waals surface area contributed by atoms with Crippen molar-refractivity contribution in [1.82, 2.24) is 9.38 Å². The fraction of sp³-hybridized carbons (Fsp3) is 0.222. The van der Waals surface area contributed by atoms with Crippen LogP contribution in [0.4, 0.5) is 0 Å². The Kier molecular flexibility index (Phi) is 3.42. The second-order valence-corrected chi connectivity index (χ2v) is 6.44. The van der Waals surface area contributed by atoms with Crippen molar-refractivity contribution in [1.29, 1.82) is 0 Å². The van der Waals surface area contributed by atoms with E-state index in [1.54, 1.807) is 0 Å². The van der Waals surface area contributed by atoms with Crippen LogP contribution >= 0.6 is 12.2 Å². The predicted octanol–water partition coefficient (Wildman–Crippen LogP) is 3.43. The smallest absolute Gasteiger partial charge is 0.231 e. The lowest BCUT2D eigenvalue weighted by atomic mass is 10.0. The molecule has 3 heterocycles. The fourth-order valence-electron chi connectivity index (χ4n) is 2.97. The van der Waals surface area contributed by atoms with Crippen molar-refractivity contribution in [3.05, 3.63) is 47.8 Å². The first kappa shape index (κ1) is 15.0. The van der Waals surface area contributed by atoms with Gasteiger partial charge in [0.25, 0.3) is 0 Å². The SMILES string of the molecule is Cc1ccc2nc(-c3ccc4c(c3)OCO4)c(C(C)C(N)=S)n2c1. The molecule has 0 aliphatic carbocycles. The summed E-state index contributed by atoms with van der Waals surface area (Å²) in [7, 11) is 0. The number of nitrogens with two attached hydrogens (primary N) is 1. The van der Waals surface area contributed by atoms with E-state index in [2.05, 4.69) is 17.5 Å². The van der Waals surface area contributed by atoms with Crippen LogP contribution in [0.2, 0.25) is 0 Å². The second-order valence-electron chi connectivity index (χ2n) is 5.97. The summed E-state index contributed by atoms with van der Waals surface area (Å²) < 4.78 is 13.0. The van der Waals surface area contributed by atoms with Crippen molar-refractivity contribution >= 4 is 22.9 Å². The quantitative estimate of drug-likeness (QED) is 0.741. The Bertz CT molecular complexity index is 964. The number of nitrogens with zero attached hydrogens (tertiary/aromatic N) is 2. The molecule has 1 aromatic carbocycles. The third-order valence-electron chi connectivity index (χ3n) is 4.29. The molecule has 1 aliphatic heterocycles. The Balaban J connectivity index is 1.97. The number of fused-ring (bicyclic) bond motifs is 2. The molecule has 0 radical (unpaired) electrons. The maximum atomic E-state index is 5.94. The minimum absolute atomic E-state index is 0.0998. The van der Waals surface area contributed by atoms with Crippen molar-refractivity contribution < 1.29 is 9.47 Å². The molecule has 122 valence electrons. The summed E-state index contributed by atoms with van der Waals surface area (Å²) in [6.07, 6.45) is 2.06. The molecule has 3 aromatic rings. The molecule has 6 heteroatoms. The molecule has 1 aliphatic rings. The van der Waals surface area contributed by atoms with E-state index in [-0.39, 0.29) is 12.7 Å². The number of ether oxygens (including phenoxy) is 2. The van der Waals surface area contributed by atoms with E-state index in [0.29, 0.717) is 4.99 Å². The normalized spacial score (nSPS) is 14.1. The molecule has 2 N–H and O–H groups in total. The summed E-state index contributed by atoms with van der Waals surface area (Å²) in [5.41, 5.74) is 10.8. The summed E-state index contributed by atoms with van der Waals surface area (Å²) in [5.74, 6) is 1.38. The van der Waals surface area contributed by atoms with Gasteiger partial charge in [0, 0.05) is 17.7 Å². The minimum Gasteiger partial charge on any atom is -0.454 e. The van der Waals surface area contributed by atoms with E-state index in [4.69, 9.17) is 32.4 Å². The van der Waals surface area contributed by atoms with Gasteiger partial charge in [-0.25, -0.2) is 4.98 Å². The predicted molar refractivity (Wildman–Crippen MR) is 96.7 cm³/mol. The summed E-state index contributed by atoms with van der Waals surface area (Å²) in [6, 6.07) is 9.88. The number of aromatic nitrogens is 2. The number of imidazole rings is 1. The van der Waals surface area contributed by atoms with Crippen molar-refractivity contribution in [3.63, 3.8) is 0 Å². The summed E-state index contributed by atoms with van der Waals surface area (Å²) in [6.45, 7) is 4.30. The fourth-order valence-corrected chi connectivity index (χ4v) is 3.09. The molecule has 0 bridgehead atoms. The third-order valence-corrected chi connectivity index (χ3v) is 4.64. The zero-order chi connectivity index (χ0) is 16.8. The van der Waals surface area contributed by atoms with E-state index in [1.807, 2.05) is 37.3 Å². The van der Waals surface area contributed by atoms with Gasteiger partial charge in [-0.3, -0.25) is 0 Å². The third kappa shape index (κ3) is 2.30. The molecule has 0 saturated heterocycles. The highest BCUT2D eigenvalue weighted by Gasteiger charge is 2.23. The highest BCUT2D eigenvalue weighted by atomic mass is 32.1. The Hall–Kier alpha value is -2.60. The molecule has 0 amide bonds. The van der Waals surface area contributed by atoms with Gasteiger partial charge in [0.05, 0.1) is 16.4 Å². The topological polar surface area (TPSA) is 61.8 Å². The molecule has 1 atom stereocenters. The van der Waals surface area contributed by atoms with E-state index < -0.39 is 0 Å². The summed E-state index contributed by atoms with van der Waals surface area (Å²) in [5, 5.41) is 0. The minimum atomic E-state index is -0.0998. The van der Waals surface area contributed by atoms with Gasteiger partial charge in [0.15, 0.2) is 11.5 Å². The van der Waals surface area contributed by atoms with Gasteiger partial charge in [-0.1, -0.05) is 25.2 Å². The van der Waals surface area contributed by atoms with Crippen molar-refractivity contribution in [2.45, 2.75) is 19.8 Å². The van der Waals surface area contributed by atoms with Gasteiger partial charge in [0.1, 0.15) is 5.65 Å². The molecule has 0 fully saturated rings. The van der Waals surface area contributed by atoms with Crippen molar-refractivity contribution in [2.24, 2.45) is 5.73 Å². The Labute approximate surface area is 145 Å². The maximum absolute atomic E-state index is 5.94.